The van der Waals surface area contributed by atoms with Crippen LogP contribution >= 0.6 is 0 Å². The van der Waals surface area contributed by atoms with Crippen LogP contribution in [0.2, 0.25) is 0 Å². The maximum atomic E-state index is 12.4. The highest BCUT2D eigenvalue weighted by atomic mass is 16.2. The lowest BCUT2D eigenvalue weighted by Gasteiger charge is -2.31. The predicted octanol–water partition coefficient (Wildman–Crippen LogP) is 2.44. The zero-order chi connectivity index (χ0) is 16.1. The van der Waals surface area contributed by atoms with Crippen LogP contribution in [0.4, 0.5) is 5.69 Å². The van der Waals surface area contributed by atoms with Crippen molar-refractivity contribution in [1.82, 2.24) is 9.80 Å². The van der Waals surface area contributed by atoms with Crippen molar-refractivity contribution in [1.29, 1.82) is 0 Å². The molecule has 1 fully saturated rings. The van der Waals surface area contributed by atoms with Gasteiger partial charge in [-0.25, -0.2) is 0 Å². The summed E-state index contributed by atoms with van der Waals surface area (Å²) in [4.78, 5) is 18.6. The van der Waals surface area contributed by atoms with E-state index in [1.54, 1.807) is 0 Å². The standard InChI is InChI=1S/C18H29N3O/c1-15-6-5-11-21(12-15)14-18(22)20(4)13-16-7-9-17(10-8-16)19(2)3/h7-10,15H,5-6,11-14H2,1-4H3. The van der Waals surface area contributed by atoms with Crippen LogP contribution in [0.15, 0.2) is 24.3 Å². The van der Waals surface area contributed by atoms with Gasteiger partial charge in [-0.2, -0.15) is 0 Å². The van der Waals surface area contributed by atoms with Crippen molar-refractivity contribution in [3.8, 4) is 0 Å². The number of carbonyl (C=O) groups excluding carboxylic acids is 1. The van der Waals surface area contributed by atoms with E-state index in [2.05, 4.69) is 41.0 Å². The SMILES string of the molecule is CC1CCCN(CC(=O)N(C)Cc2ccc(N(C)C)cc2)C1. The Morgan fingerprint density at radius 2 is 1.91 bits per heavy atom. The third kappa shape index (κ3) is 4.73. The van der Waals surface area contributed by atoms with Gasteiger partial charge in [0.25, 0.3) is 0 Å². The van der Waals surface area contributed by atoms with E-state index in [0.717, 1.165) is 13.1 Å². The van der Waals surface area contributed by atoms with E-state index in [0.29, 0.717) is 19.0 Å². The van der Waals surface area contributed by atoms with Crippen LogP contribution in [0.3, 0.4) is 0 Å². The molecule has 1 heterocycles. The van der Waals surface area contributed by atoms with Crippen molar-refractivity contribution in [2.75, 3.05) is 45.7 Å². The zero-order valence-corrected chi connectivity index (χ0v) is 14.4. The third-order valence-electron chi connectivity index (χ3n) is 4.40. The Kier molecular flexibility index (Phi) is 5.83. The van der Waals surface area contributed by atoms with Crippen LogP contribution in [0.25, 0.3) is 0 Å². The van der Waals surface area contributed by atoms with Crippen LogP contribution in [0.1, 0.15) is 25.3 Å². The topological polar surface area (TPSA) is 26.8 Å². The van der Waals surface area contributed by atoms with Gasteiger partial charge in [0.15, 0.2) is 0 Å². The minimum Gasteiger partial charge on any atom is -0.378 e. The second-order valence-electron chi connectivity index (χ2n) is 6.79. The number of nitrogens with zero attached hydrogens (tertiary/aromatic N) is 3. The largest absolute Gasteiger partial charge is 0.378 e. The first-order valence-corrected chi connectivity index (χ1v) is 8.18. The van der Waals surface area contributed by atoms with Gasteiger partial charge in [-0.1, -0.05) is 19.1 Å². The van der Waals surface area contributed by atoms with Gasteiger partial charge in [0.2, 0.25) is 5.91 Å². The molecule has 4 nitrogen and oxygen atoms in total. The zero-order valence-electron chi connectivity index (χ0n) is 14.4. The van der Waals surface area contributed by atoms with E-state index < -0.39 is 0 Å². The van der Waals surface area contributed by atoms with Gasteiger partial charge in [0.1, 0.15) is 0 Å². The van der Waals surface area contributed by atoms with Crippen LogP contribution in [0, 0.1) is 5.92 Å². The summed E-state index contributed by atoms with van der Waals surface area (Å²) in [6, 6.07) is 8.39. The monoisotopic (exact) mass is 303 g/mol. The average Bonchev–Trinajstić information content (AvgIpc) is 2.47. The van der Waals surface area contributed by atoms with Crippen LogP contribution in [0.5, 0.6) is 0 Å². The first-order chi connectivity index (χ1) is 10.5. The van der Waals surface area contributed by atoms with Gasteiger partial charge in [-0.05, 0) is 43.0 Å². The number of rotatable bonds is 5. The molecule has 2 rings (SSSR count). The molecule has 1 atom stereocenters. The lowest BCUT2D eigenvalue weighted by molar-refractivity contribution is -0.132. The van der Waals surface area contributed by atoms with E-state index in [-0.39, 0.29) is 5.91 Å². The van der Waals surface area contributed by atoms with E-state index in [1.165, 1.54) is 24.1 Å². The van der Waals surface area contributed by atoms with Crippen molar-refractivity contribution in [2.45, 2.75) is 26.3 Å². The molecule has 122 valence electrons. The number of hydrogen-bond donors (Lipinski definition) is 0. The Morgan fingerprint density at radius 3 is 2.50 bits per heavy atom. The maximum absolute atomic E-state index is 12.4. The molecular weight excluding hydrogens is 274 g/mol. The minimum atomic E-state index is 0.214. The summed E-state index contributed by atoms with van der Waals surface area (Å²) >= 11 is 0. The fraction of sp³-hybridized carbons (Fsp3) is 0.611. The lowest BCUT2D eigenvalue weighted by Crippen LogP contribution is -2.42. The highest BCUT2D eigenvalue weighted by Crippen LogP contribution is 2.16. The molecule has 0 N–H and O–H groups in total. The summed E-state index contributed by atoms with van der Waals surface area (Å²) in [5.41, 5.74) is 2.36. The van der Waals surface area contributed by atoms with Gasteiger partial charge < -0.3 is 9.80 Å². The normalized spacial score (nSPS) is 19.0. The van der Waals surface area contributed by atoms with E-state index >= 15 is 0 Å². The smallest absolute Gasteiger partial charge is 0.236 e. The third-order valence-corrected chi connectivity index (χ3v) is 4.40. The quantitative estimate of drug-likeness (QED) is 0.836. The van der Waals surface area contributed by atoms with Gasteiger partial charge >= 0.3 is 0 Å². The van der Waals surface area contributed by atoms with E-state index in [4.69, 9.17) is 0 Å². The van der Waals surface area contributed by atoms with Gasteiger partial charge in [-0.15, -0.1) is 0 Å². The van der Waals surface area contributed by atoms with Crippen molar-refractivity contribution >= 4 is 11.6 Å². The summed E-state index contributed by atoms with van der Waals surface area (Å²) in [5.74, 6) is 0.927. The number of amides is 1. The van der Waals surface area contributed by atoms with E-state index in [9.17, 15) is 4.79 Å². The first-order valence-electron chi connectivity index (χ1n) is 8.18. The van der Waals surface area contributed by atoms with Crippen molar-refractivity contribution < 1.29 is 4.79 Å². The number of carbonyl (C=O) groups is 1. The fourth-order valence-electron chi connectivity index (χ4n) is 3.00. The Bertz CT molecular complexity index is 484. The van der Waals surface area contributed by atoms with E-state index in [1.807, 2.05) is 26.0 Å². The molecule has 1 aromatic rings. The molecule has 1 unspecified atom stereocenters. The second-order valence-corrected chi connectivity index (χ2v) is 6.79. The summed E-state index contributed by atoms with van der Waals surface area (Å²) in [6.45, 7) is 5.61. The maximum Gasteiger partial charge on any atom is 0.236 e. The molecule has 1 saturated heterocycles. The first kappa shape index (κ1) is 16.8. The molecule has 4 heteroatoms. The highest BCUT2D eigenvalue weighted by molar-refractivity contribution is 5.78. The fourth-order valence-corrected chi connectivity index (χ4v) is 3.00. The molecule has 0 spiro atoms. The van der Waals surface area contributed by atoms with Crippen molar-refractivity contribution in [3.05, 3.63) is 29.8 Å². The number of anilines is 1. The number of piperidine rings is 1. The second kappa shape index (κ2) is 7.63. The Labute approximate surface area is 134 Å². The summed E-state index contributed by atoms with van der Waals surface area (Å²) in [7, 11) is 5.96. The average molecular weight is 303 g/mol. The Hall–Kier alpha value is -1.55. The number of likely N-dealkylation sites (N-methyl/N-ethyl adjacent to an activating group) is 1. The summed E-state index contributed by atoms with van der Waals surface area (Å²) in [6.07, 6.45) is 2.50. The molecule has 1 aliphatic heterocycles. The number of benzene rings is 1. The molecule has 22 heavy (non-hydrogen) atoms. The summed E-state index contributed by atoms with van der Waals surface area (Å²) < 4.78 is 0. The number of hydrogen-bond acceptors (Lipinski definition) is 3. The Balaban J connectivity index is 1.85. The lowest BCUT2D eigenvalue weighted by atomic mass is 10.0. The Morgan fingerprint density at radius 1 is 1.23 bits per heavy atom. The number of likely N-dealkylation sites (tertiary alicyclic amines) is 1. The van der Waals surface area contributed by atoms with Crippen molar-refractivity contribution in [2.24, 2.45) is 5.92 Å². The molecule has 1 amide bonds. The van der Waals surface area contributed by atoms with Gasteiger partial charge in [0, 0.05) is 39.9 Å². The summed E-state index contributed by atoms with van der Waals surface area (Å²) in [5, 5.41) is 0. The molecular formula is C18H29N3O. The van der Waals surface area contributed by atoms with Crippen LogP contribution in [-0.4, -0.2) is 56.5 Å². The molecule has 1 aliphatic rings. The molecule has 0 saturated carbocycles. The van der Waals surface area contributed by atoms with Crippen LogP contribution < -0.4 is 4.90 Å². The van der Waals surface area contributed by atoms with Gasteiger partial charge in [0.05, 0.1) is 6.54 Å². The molecule has 0 bridgehead atoms. The molecule has 1 aromatic carbocycles. The van der Waals surface area contributed by atoms with Crippen LogP contribution in [-0.2, 0) is 11.3 Å². The minimum absolute atomic E-state index is 0.214. The highest BCUT2D eigenvalue weighted by Gasteiger charge is 2.20. The predicted molar refractivity (Wildman–Crippen MR) is 92.1 cm³/mol. The molecule has 0 aliphatic carbocycles. The molecule has 0 radical (unpaired) electrons. The van der Waals surface area contributed by atoms with Crippen molar-refractivity contribution in [3.63, 3.8) is 0 Å². The van der Waals surface area contributed by atoms with Gasteiger partial charge in [-0.3, -0.25) is 9.69 Å². The molecule has 0 aromatic heterocycles.